The van der Waals surface area contributed by atoms with Gasteiger partial charge in [-0.05, 0) is 25.8 Å². The van der Waals surface area contributed by atoms with Gasteiger partial charge in [0.05, 0.1) is 5.69 Å². The first kappa shape index (κ1) is 13.3. The zero-order valence-electron chi connectivity index (χ0n) is 10.6. The Kier molecular flexibility index (Phi) is 3.64. The predicted octanol–water partition coefficient (Wildman–Crippen LogP) is -0.889. The summed E-state index contributed by atoms with van der Waals surface area (Å²) < 4.78 is 1.11. The molecule has 0 saturated heterocycles. The largest absolute Gasteiger partial charge is 0.368 e. The third-order valence-corrected chi connectivity index (χ3v) is 2.98. The molecule has 1 aromatic heterocycles. The Hall–Kier alpha value is -2.18. The van der Waals surface area contributed by atoms with E-state index in [1.165, 1.54) is 13.0 Å². The van der Waals surface area contributed by atoms with Crippen molar-refractivity contribution >= 4 is 11.8 Å². The van der Waals surface area contributed by atoms with Crippen LogP contribution in [0.4, 0.5) is 0 Å². The van der Waals surface area contributed by atoms with E-state index in [0.29, 0.717) is 5.92 Å². The Balaban J connectivity index is 2.05. The first-order chi connectivity index (χ1) is 8.97. The van der Waals surface area contributed by atoms with Gasteiger partial charge in [0.15, 0.2) is 0 Å². The molecular weight excluding hydrogens is 248 g/mol. The van der Waals surface area contributed by atoms with Crippen LogP contribution in [0.2, 0.25) is 0 Å². The van der Waals surface area contributed by atoms with Crippen LogP contribution in [0.1, 0.15) is 31.4 Å². The highest BCUT2D eigenvalue weighted by molar-refractivity contribution is 5.86. The maximum atomic E-state index is 11.7. The SMILES string of the molecule is C[C@@H](NC(=O)Cn1nc(C2CC2)ccc1=O)C(N)=O. The lowest BCUT2D eigenvalue weighted by atomic mass is 10.3. The highest BCUT2D eigenvalue weighted by atomic mass is 16.2. The van der Waals surface area contributed by atoms with Crippen molar-refractivity contribution < 1.29 is 9.59 Å². The molecule has 1 aliphatic carbocycles. The number of hydrogen-bond donors (Lipinski definition) is 2. The van der Waals surface area contributed by atoms with Crippen molar-refractivity contribution in [2.24, 2.45) is 5.73 Å². The van der Waals surface area contributed by atoms with Gasteiger partial charge in [0.25, 0.3) is 5.56 Å². The molecule has 0 spiro atoms. The van der Waals surface area contributed by atoms with E-state index < -0.39 is 17.9 Å². The molecule has 7 nitrogen and oxygen atoms in total. The fourth-order valence-corrected chi connectivity index (χ4v) is 1.67. The molecule has 1 heterocycles. The lowest BCUT2D eigenvalue weighted by Crippen LogP contribution is -2.44. The number of amides is 2. The average Bonchev–Trinajstić information content (AvgIpc) is 3.15. The van der Waals surface area contributed by atoms with E-state index >= 15 is 0 Å². The molecule has 1 atom stereocenters. The maximum Gasteiger partial charge on any atom is 0.267 e. The third kappa shape index (κ3) is 3.40. The van der Waals surface area contributed by atoms with Gasteiger partial charge in [-0.3, -0.25) is 14.4 Å². The summed E-state index contributed by atoms with van der Waals surface area (Å²) in [5.74, 6) is -0.686. The minimum absolute atomic E-state index is 0.211. The summed E-state index contributed by atoms with van der Waals surface area (Å²) in [5.41, 5.74) is 5.53. The molecule has 1 aromatic rings. The van der Waals surface area contributed by atoms with E-state index in [4.69, 9.17) is 5.73 Å². The van der Waals surface area contributed by atoms with Gasteiger partial charge in [-0.15, -0.1) is 0 Å². The molecule has 7 heteroatoms. The molecule has 1 aliphatic rings. The number of aromatic nitrogens is 2. The predicted molar refractivity (Wildman–Crippen MR) is 67.3 cm³/mol. The van der Waals surface area contributed by atoms with Gasteiger partial charge in [-0.2, -0.15) is 5.10 Å². The van der Waals surface area contributed by atoms with Crippen LogP contribution >= 0.6 is 0 Å². The van der Waals surface area contributed by atoms with E-state index in [-0.39, 0.29) is 12.1 Å². The molecule has 2 rings (SSSR count). The van der Waals surface area contributed by atoms with Gasteiger partial charge in [0.1, 0.15) is 12.6 Å². The van der Waals surface area contributed by atoms with Gasteiger partial charge in [-0.1, -0.05) is 0 Å². The van der Waals surface area contributed by atoms with Crippen LogP contribution < -0.4 is 16.6 Å². The quantitative estimate of drug-likeness (QED) is 0.719. The second-order valence-electron chi connectivity index (χ2n) is 4.72. The highest BCUT2D eigenvalue weighted by Gasteiger charge is 2.25. The van der Waals surface area contributed by atoms with E-state index in [1.54, 1.807) is 6.07 Å². The number of nitrogens with two attached hydrogens (primary N) is 1. The zero-order chi connectivity index (χ0) is 14.0. The molecule has 1 saturated carbocycles. The Bertz CT molecular complexity index is 562. The molecular formula is C12H16N4O3. The number of carbonyl (C=O) groups is 2. The number of nitrogens with zero attached hydrogens (tertiary/aromatic N) is 2. The van der Waals surface area contributed by atoms with Crippen LogP contribution in [-0.2, 0) is 16.1 Å². The van der Waals surface area contributed by atoms with Crippen LogP contribution in [0, 0.1) is 0 Å². The van der Waals surface area contributed by atoms with Crippen LogP contribution in [0.5, 0.6) is 0 Å². The molecule has 0 radical (unpaired) electrons. The lowest BCUT2D eigenvalue weighted by molar-refractivity contribution is -0.127. The molecule has 102 valence electrons. The molecule has 0 aliphatic heterocycles. The summed E-state index contributed by atoms with van der Waals surface area (Å²) in [5, 5.41) is 6.56. The van der Waals surface area contributed by atoms with Gasteiger partial charge in [0, 0.05) is 12.0 Å². The Morgan fingerprint density at radius 1 is 1.53 bits per heavy atom. The monoisotopic (exact) mass is 264 g/mol. The van der Waals surface area contributed by atoms with Crippen molar-refractivity contribution in [1.82, 2.24) is 15.1 Å². The van der Waals surface area contributed by atoms with E-state index in [1.807, 2.05) is 0 Å². The molecule has 1 fully saturated rings. The van der Waals surface area contributed by atoms with Crippen LogP contribution in [0.25, 0.3) is 0 Å². The summed E-state index contributed by atoms with van der Waals surface area (Å²) in [6, 6.07) is 2.33. The van der Waals surface area contributed by atoms with Crippen LogP contribution in [0.15, 0.2) is 16.9 Å². The lowest BCUT2D eigenvalue weighted by Gasteiger charge is -2.11. The van der Waals surface area contributed by atoms with Gasteiger partial charge in [0.2, 0.25) is 11.8 Å². The maximum absolute atomic E-state index is 11.7. The topological polar surface area (TPSA) is 107 Å². The summed E-state index contributed by atoms with van der Waals surface area (Å²) >= 11 is 0. The van der Waals surface area contributed by atoms with E-state index in [0.717, 1.165) is 23.2 Å². The second-order valence-corrected chi connectivity index (χ2v) is 4.72. The molecule has 2 amide bonds. The third-order valence-electron chi connectivity index (χ3n) is 2.98. The second kappa shape index (κ2) is 5.21. The van der Waals surface area contributed by atoms with Crippen molar-refractivity contribution in [2.75, 3.05) is 0 Å². The molecule has 0 unspecified atom stereocenters. The number of nitrogens with one attached hydrogen (secondary N) is 1. The minimum atomic E-state index is -0.769. The number of carbonyl (C=O) groups excluding carboxylic acids is 2. The minimum Gasteiger partial charge on any atom is -0.368 e. The summed E-state index contributed by atoms with van der Waals surface area (Å²) in [6.07, 6.45) is 2.13. The number of primary amides is 1. The Morgan fingerprint density at radius 2 is 2.21 bits per heavy atom. The first-order valence-electron chi connectivity index (χ1n) is 6.14. The molecule has 0 aromatic carbocycles. The van der Waals surface area contributed by atoms with E-state index in [9.17, 15) is 14.4 Å². The summed E-state index contributed by atoms with van der Waals surface area (Å²) in [7, 11) is 0. The zero-order valence-corrected chi connectivity index (χ0v) is 10.6. The van der Waals surface area contributed by atoms with Gasteiger partial charge >= 0.3 is 0 Å². The molecule has 19 heavy (non-hydrogen) atoms. The fraction of sp³-hybridized carbons (Fsp3) is 0.500. The van der Waals surface area contributed by atoms with Crippen LogP contribution in [-0.4, -0.2) is 27.6 Å². The van der Waals surface area contributed by atoms with Crippen molar-refractivity contribution in [3.63, 3.8) is 0 Å². The van der Waals surface area contributed by atoms with Gasteiger partial charge in [-0.25, -0.2) is 4.68 Å². The molecule has 3 N–H and O–H groups in total. The number of hydrogen-bond acceptors (Lipinski definition) is 4. The summed E-state index contributed by atoms with van der Waals surface area (Å²) in [4.78, 5) is 34.1. The first-order valence-corrected chi connectivity index (χ1v) is 6.14. The van der Waals surface area contributed by atoms with Crippen molar-refractivity contribution in [1.29, 1.82) is 0 Å². The fourth-order valence-electron chi connectivity index (χ4n) is 1.67. The molecule has 0 bridgehead atoms. The normalized spacial score (nSPS) is 15.8. The Labute approximate surface area is 109 Å². The highest BCUT2D eigenvalue weighted by Crippen LogP contribution is 2.38. The van der Waals surface area contributed by atoms with Crippen molar-refractivity contribution in [2.45, 2.75) is 38.3 Å². The van der Waals surface area contributed by atoms with E-state index in [2.05, 4.69) is 10.4 Å². The standard InChI is InChI=1S/C12H16N4O3/c1-7(12(13)19)14-10(17)6-16-11(18)5-4-9(15-16)8-2-3-8/h4-5,7-8H,2-3,6H2,1H3,(H2,13,19)(H,14,17)/t7-/m1/s1. The smallest absolute Gasteiger partial charge is 0.267 e. The van der Waals surface area contributed by atoms with Crippen molar-refractivity contribution in [3.8, 4) is 0 Å². The average molecular weight is 264 g/mol. The van der Waals surface area contributed by atoms with Crippen LogP contribution in [0.3, 0.4) is 0 Å². The Morgan fingerprint density at radius 3 is 2.79 bits per heavy atom. The number of rotatable bonds is 5. The van der Waals surface area contributed by atoms with Gasteiger partial charge < -0.3 is 11.1 Å². The summed E-state index contributed by atoms with van der Waals surface area (Å²) in [6.45, 7) is 1.27. The van der Waals surface area contributed by atoms with Crippen molar-refractivity contribution in [3.05, 3.63) is 28.2 Å².